The van der Waals surface area contributed by atoms with Crippen molar-refractivity contribution in [3.05, 3.63) is 35.4 Å². The van der Waals surface area contributed by atoms with Crippen molar-refractivity contribution in [3.63, 3.8) is 0 Å². The average Bonchev–Trinajstić information content (AvgIpc) is 2.67. The molecule has 0 amide bonds. The van der Waals surface area contributed by atoms with Crippen molar-refractivity contribution in [1.29, 1.82) is 0 Å². The Hall–Kier alpha value is -1.59. The summed E-state index contributed by atoms with van der Waals surface area (Å²) in [7, 11) is 1.82. The minimum Gasteiger partial charge on any atom is -0.381 e. The van der Waals surface area contributed by atoms with Gasteiger partial charge in [0, 0.05) is 45.4 Å². The number of nitrogens with zero attached hydrogens (tertiary/aromatic N) is 1. The third kappa shape index (κ3) is 6.82. The van der Waals surface area contributed by atoms with E-state index in [0.717, 1.165) is 58.1 Å². The van der Waals surface area contributed by atoms with Crippen molar-refractivity contribution in [1.82, 2.24) is 10.6 Å². The molecule has 5 nitrogen and oxygen atoms in total. The number of guanidine groups is 1. The van der Waals surface area contributed by atoms with Gasteiger partial charge in [-0.25, -0.2) is 0 Å². The van der Waals surface area contributed by atoms with E-state index in [2.05, 4.69) is 60.7 Å². The number of hydrogen-bond acceptors (Lipinski definition) is 3. The summed E-state index contributed by atoms with van der Waals surface area (Å²) in [5.41, 5.74) is 2.87. The minimum absolute atomic E-state index is 0.0922. The van der Waals surface area contributed by atoms with Crippen molar-refractivity contribution in [2.24, 2.45) is 10.9 Å². The summed E-state index contributed by atoms with van der Waals surface area (Å²) in [5.74, 6) is 1.52. The van der Waals surface area contributed by atoms with E-state index >= 15 is 0 Å². The monoisotopic (exact) mass is 375 g/mol. The summed E-state index contributed by atoms with van der Waals surface area (Å²) >= 11 is 0. The number of rotatable bonds is 9. The van der Waals surface area contributed by atoms with Gasteiger partial charge in [0.25, 0.3) is 0 Å². The molecule has 0 radical (unpaired) electrons. The van der Waals surface area contributed by atoms with Gasteiger partial charge in [0.05, 0.1) is 6.61 Å². The second kappa shape index (κ2) is 11.3. The minimum atomic E-state index is 0.0922. The van der Waals surface area contributed by atoms with E-state index in [1.807, 2.05) is 7.05 Å². The summed E-state index contributed by atoms with van der Waals surface area (Å²) in [5, 5.41) is 6.91. The highest BCUT2D eigenvalue weighted by Gasteiger charge is 2.35. The number of hydrogen-bond donors (Lipinski definition) is 2. The number of nitrogens with one attached hydrogen (secondary N) is 2. The summed E-state index contributed by atoms with van der Waals surface area (Å²) in [6.07, 6.45) is 3.16. The fraction of sp³-hybridized carbons (Fsp3) is 0.682. The van der Waals surface area contributed by atoms with Gasteiger partial charge in [-0.2, -0.15) is 0 Å². The lowest BCUT2D eigenvalue weighted by molar-refractivity contribution is 0.0511. The van der Waals surface area contributed by atoms with Crippen molar-refractivity contribution in [2.75, 3.05) is 46.6 Å². The first-order valence-corrected chi connectivity index (χ1v) is 10.2. The molecule has 2 rings (SSSR count). The van der Waals surface area contributed by atoms with Crippen LogP contribution in [0.15, 0.2) is 29.3 Å². The number of aryl methyl sites for hydroxylation is 1. The molecule has 1 aromatic carbocycles. The predicted molar refractivity (Wildman–Crippen MR) is 113 cm³/mol. The number of aliphatic imine (C=N–C) groups is 1. The Labute approximate surface area is 164 Å². The van der Waals surface area contributed by atoms with Gasteiger partial charge in [-0.3, -0.25) is 4.99 Å². The Kier molecular flexibility index (Phi) is 9.08. The van der Waals surface area contributed by atoms with Crippen LogP contribution in [0.25, 0.3) is 0 Å². The first kappa shape index (κ1) is 21.7. The molecule has 1 saturated heterocycles. The largest absolute Gasteiger partial charge is 0.381 e. The van der Waals surface area contributed by atoms with Crippen LogP contribution < -0.4 is 10.6 Å². The predicted octanol–water partition coefficient (Wildman–Crippen LogP) is 3.27. The summed E-state index contributed by atoms with van der Waals surface area (Å²) < 4.78 is 11.3. The quantitative estimate of drug-likeness (QED) is 0.395. The molecule has 0 aromatic heterocycles. The smallest absolute Gasteiger partial charge is 0.191 e. The molecule has 1 aromatic rings. The maximum Gasteiger partial charge on any atom is 0.191 e. The fourth-order valence-electron chi connectivity index (χ4n) is 3.61. The molecule has 27 heavy (non-hydrogen) atoms. The maximum absolute atomic E-state index is 5.68. The molecule has 0 saturated carbocycles. The van der Waals surface area contributed by atoms with Crippen LogP contribution >= 0.6 is 0 Å². The lowest BCUT2D eigenvalue weighted by Gasteiger charge is -2.39. The van der Waals surface area contributed by atoms with Crippen molar-refractivity contribution < 1.29 is 9.47 Å². The van der Waals surface area contributed by atoms with Crippen LogP contribution in [0.3, 0.4) is 0 Å². The molecular weight excluding hydrogens is 338 g/mol. The lowest BCUT2D eigenvalue weighted by atomic mass is 9.72. The van der Waals surface area contributed by atoms with E-state index < -0.39 is 0 Å². The van der Waals surface area contributed by atoms with Crippen LogP contribution in [-0.2, 0) is 14.9 Å². The zero-order chi connectivity index (χ0) is 19.5. The summed E-state index contributed by atoms with van der Waals surface area (Å²) in [4.78, 5) is 4.37. The van der Waals surface area contributed by atoms with Crippen LogP contribution in [0.4, 0.5) is 0 Å². The Morgan fingerprint density at radius 1 is 1.19 bits per heavy atom. The highest BCUT2D eigenvalue weighted by Crippen LogP contribution is 2.36. The van der Waals surface area contributed by atoms with Crippen LogP contribution in [0.5, 0.6) is 0 Å². The molecule has 5 heteroatoms. The molecule has 1 aliphatic rings. The third-order valence-corrected chi connectivity index (χ3v) is 5.36. The third-order valence-electron chi connectivity index (χ3n) is 5.36. The molecule has 0 unspecified atom stereocenters. The highest BCUT2D eigenvalue weighted by atomic mass is 16.5. The fourth-order valence-corrected chi connectivity index (χ4v) is 3.61. The standard InChI is InChI=1S/C22H37N3O2/c1-18(2)9-13-26-16-12-24-21(23-4)25-17-22(10-14-27-15-11-22)20-8-6-5-7-19(20)3/h5-8,18H,9-17H2,1-4H3,(H2,23,24,25). The second-order valence-corrected chi connectivity index (χ2v) is 7.86. The highest BCUT2D eigenvalue weighted by molar-refractivity contribution is 5.79. The molecule has 1 heterocycles. The first-order valence-electron chi connectivity index (χ1n) is 10.2. The topological polar surface area (TPSA) is 54.9 Å². The molecule has 0 spiro atoms. The Morgan fingerprint density at radius 2 is 1.93 bits per heavy atom. The van der Waals surface area contributed by atoms with Crippen LogP contribution in [0.2, 0.25) is 0 Å². The molecular formula is C22H37N3O2. The van der Waals surface area contributed by atoms with Gasteiger partial charge in [0.2, 0.25) is 0 Å². The number of benzene rings is 1. The van der Waals surface area contributed by atoms with Gasteiger partial charge in [-0.15, -0.1) is 0 Å². The molecule has 0 atom stereocenters. The first-order chi connectivity index (χ1) is 13.1. The Bertz CT molecular complexity index is 581. The van der Waals surface area contributed by atoms with Crippen LogP contribution in [-0.4, -0.2) is 52.5 Å². The van der Waals surface area contributed by atoms with E-state index in [1.54, 1.807) is 0 Å². The zero-order valence-corrected chi connectivity index (χ0v) is 17.5. The van der Waals surface area contributed by atoms with Crippen LogP contribution in [0, 0.1) is 12.8 Å². The van der Waals surface area contributed by atoms with E-state index in [-0.39, 0.29) is 5.41 Å². The van der Waals surface area contributed by atoms with E-state index in [4.69, 9.17) is 9.47 Å². The molecule has 1 fully saturated rings. The Balaban J connectivity index is 1.87. The molecule has 152 valence electrons. The van der Waals surface area contributed by atoms with Gasteiger partial charge >= 0.3 is 0 Å². The summed E-state index contributed by atoms with van der Waals surface area (Å²) in [6, 6.07) is 8.72. The van der Waals surface area contributed by atoms with E-state index in [1.165, 1.54) is 11.1 Å². The summed E-state index contributed by atoms with van der Waals surface area (Å²) in [6.45, 7) is 11.4. The zero-order valence-electron chi connectivity index (χ0n) is 17.5. The van der Waals surface area contributed by atoms with Gasteiger partial charge < -0.3 is 20.1 Å². The normalized spacial score (nSPS) is 17.1. The van der Waals surface area contributed by atoms with E-state index in [0.29, 0.717) is 12.5 Å². The van der Waals surface area contributed by atoms with Crippen molar-refractivity contribution >= 4 is 5.96 Å². The van der Waals surface area contributed by atoms with Crippen LogP contribution in [0.1, 0.15) is 44.2 Å². The van der Waals surface area contributed by atoms with Gasteiger partial charge in [-0.1, -0.05) is 38.1 Å². The maximum atomic E-state index is 5.68. The van der Waals surface area contributed by atoms with Crippen molar-refractivity contribution in [3.8, 4) is 0 Å². The van der Waals surface area contributed by atoms with Gasteiger partial charge in [-0.05, 0) is 43.2 Å². The van der Waals surface area contributed by atoms with Gasteiger partial charge in [0.15, 0.2) is 5.96 Å². The SMILES string of the molecule is CN=C(NCCOCCC(C)C)NCC1(c2ccccc2C)CCOCC1. The second-order valence-electron chi connectivity index (χ2n) is 7.86. The molecule has 0 aliphatic carbocycles. The molecule has 0 bridgehead atoms. The Morgan fingerprint density at radius 3 is 2.59 bits per heavy atom. The average molecular weight is 376 g/mol. The lowest BCUT2D eigenvalue weighted by Crippen LogP contribution is -2.48. The van der Waals surface area contributed by atoms with Gasteiger partial charge in [0.1, 0.15) is 0 Å². The molecule has 1 aliphatic heterocycles. The van der Waals surface area contributed by atoms with Crippen molar-refractivity contribution in [2.45, 2.75) is 45.4 Å². The number of ether oxygens (including phenoxy) is 2. The molecule has 2 N–H and O–H groups in total. The van der Waals surface area contributed by atoms with E-state index in [9.17, 15) is 0 Å².